The lowest BCUT2D eigenvalue weighted by Crippen LogP contribution is -2.61. The number of carbonyl (C=O) groups excluding carboxylic acids is 5. The standard InChI is InChI=1S/C46H57N7O6/c1-46(2,3)52-45(58)39-26-32-16-7-8-17-33(32)28-53(39)29-40(59-42(55)23-21-34-18-11-12-24-48-34)37(25-30-13-5-4-6-14-30)50-44(57)38(27-41(47)54)51-43(56)36-22-20-31-15-9-10-19-35(31)49-36/h4-6,9-15,18-20,22,24,32-33,37-40H,7-8,16-17,21,23,25-29H2,1-3H3,(H2,47,54)(H,50,57)(H,51,56)(H,52,58)/t32-,33+,37-,38-,39-,40+/m0/s1. The summed E-state index contributed by atoms with van der Waals surface area (Å²) in [6.07, 6.45) is 5.93. The number of aryl methyl sites for hydroxylation is 1. The number of pyridine rings is 2. The van der Waals surface area contributed by atoms with Crippen molar-refractivity contribution in [2.24, 2.45) is 17.6 Å². The van der Waals surface area contributed by atoms with Crippen LogP contribution in [0.5, 0.6) is 0 Å². The van der Waals surface area contributed by atoms with E-state index in [2.05, 4.69) is 30.8 Å². The number of hydrogen-bond acceptors (Lipinski definition) is 9. The molecule has 1 aliphatic carbocycles. The zero-order valence-electron chi connectivity index (χ0n) is 34.3. The van der Waals surface area contributed by atoms with Crippen molar-refractivity contribution in [2.75, 3.05) is 13.1 Å². The van der Waals surface area contributed by atoms with E-state index in [1.54, 1.807) is 24.4 Å². The summed E-state index contributed by atoms with van der Waals surface area (Å²) in [5.41, 5.74) is 7.43. The maximum absolute atomic E-state index is 14.4. The number of piperidine rings is 1. The predicted molar refractivity (Wildman–Crippen MR) is 225 cm³/mol. The number of benzene rings is 2. The molecule has 2 fully saturated rings. The van der Waals surface area contributed by atoms with Crippen molar-refractivity contribution in [3.8, 4) is 0 Å². The van der Waals surface area contributed by atoms with Crippen LogP contribution >= 0.6 is 0 Å². The number of nitrogens with one attached hydrogen (secondary N) is 3. The van der Waals surface area contributed by atoms with E-state index in [1.807, 2.05) is 87.5 Å². The number of esters is 1. The SMILES string of the molecule is CC(C)(C)NC(=O)[C@@H]1C[C@@H]2CCCC[C@@H]2CN1C[C@@H](OC(=O)CCc1ccccn1)[C@H](Cc1ccccc1)NC(=O)[C@H](CC(N)=O)NC(=O)c1ccc2ccccc2n1. The molecule has 2 aromatic carbocycles. The summed E-state index contributed by atoms with van der Waals surface area (Å²) in [6.45, 7) is 6.66. The number of hydrogen-bond donors (Lipinski definition) is 4. The molecular formula is C46H57N7O6. The average molecular weight is 804 g/mol. The number of primary amides is 1. The summed E-state index contributed by atoms with van der Waals surface area (Å²) in [5.74, 6) is -1.91. The van der Waals surface area contributed by atoms with Gasteiger partial charge in [-0.1, -0.05) is 79.9 Å². The highest BCUT2D eigenvalue weighted by Crippen LogP contribution is 2.39. The van der Waals surface area contributed by atoms with Gasteiger partial charge in [-0.05, 0) is 81.7 Å². The van der Waals surface area contributed by atoms with Gasteiger partial charge < -0.3 is 26.4 Å². The second-order valence-electron chi connectivity index (χ2n) is 17.0. The molecule has 6 rings (SSSR count). The van der Waals surface area contributed by atoms with Crippen LogP contribution in [0.2, 0.25) is 0 Å². The Labute approximate surface area is 346 Å². The Balaban J connectivity index is 1.31. The number of aromatic nitrogens is 2. The molecule has 1 aliphatic heterocycles. The van der Waals surface area contributed by atoms with E-state index >= 15 is 0 Å². The Morgan fingerprint density at radius 2 is 1.61 bits per heavy atom. The molecule has 0 spiro atoms. The smallest absolute Gasteiger partial charge is 0.306 e. The highest BCUT2D eigenvalue weighted by Gasteiger charge is 2.43. The van der Waals surface area contributed by atoms with Crippen molar-refractivity contribution in [3.05, 3.63) is 108 Å². The minimum Gasteiger partial charge on any atom is -0.459 e. The van der Waals surface area contributed by atoms with Crippen LogP contribution in [-0.4, -0.2) is 87.3 Å². The molecular weight excluding hydrogens is 747 g/mol. The van der Waals surface area contributed by atoms with E-state index in [1.165, 1.54) is 0 Å². The fraction of sp³-hybridized carbons (Fsp3) is 0.457. The lowest BCUT2D eigenvalue weighted by molar-refractivity contribution is -0.154. The summed E-state index contributed by atoms with van der Waals surface area (Å²) < 4.78 is 6.38. The normalized spacial score (nSPS) is 19.7. The number of para-hydroxylation sites is 1. The number of likely N-dealkylation sites (tertiary alicyclic amines) is 1. The first-order valence-corrected chi connectivity index (χ1v) is 20.8. The van der Waals surface area contributed by atoms with Crippen LogP contribution in [-0.2, 0) is 36.8 Å². The first-order chi connectivity index (χ1) is 28.3. The number of nitrogens with zero attached hydrogens (tertiary/aromatic N) is 3. The van der Waals surface area contributed by atoms with Crippen LogP contribution in [0.4, 0.5) is 0 Å². The zero-order chi connectivity index (χ0) is 41.9. The molecule has 6 atom stereocenters. The summed E-state index contributed by atoms with van der Waals surface area (Å²) in [7, 11) is 0. The number of fused-ring (bicyclic) bond motifs is 2. The van der Waals surface area contributed by atoms with Gasteiger partial charge in [-0.15, -0.1) is 0 Å². The fourth-order valence-electron chi connectivity index (χ4n) is 8.37. The van der Waals surface area contributed by atoms with Gasteiger partial charge in [0.05, 0.1) is 30.4 Å². The molecule has 13 nitrogen and oxygen atoms in total. The number of rotatable bonds is 16. The minimum absolute atomic E-state index is 0.0390. The molecule has 4 aromatic rings. The molecule has 5 N–H and O–H groups in total. The summed E-state index contributed by atoms with van der Waals surface area (Å²) >= 11 is 0. The van der Waals surface area contributed by atoms with Crippen molar-refractivity contribution >= 4 is 40.5 Å². The lowest BCUT2D eigenvalue weighted by Gasteiger charge is -2.47. The number of carbonyl (C=O) groups is 5. The van der Waals surface area contributed by atoms with Gasteiger partial charge in [-0.25, -0.2) is 4.98 Å². The van der Waals surface area contributed by atoms with Gasteiger partial charge >= 0.3 is 5.97 Å². The van der Waals surface area contributed by atoms with Gasteiger partial charge in [0, 0.05) is 42.3 Å². The van der Waals surface area contributed by atoms with Crippen molar-refractivity contribution in [2.45, 2.75) is 108 Å². The Hall–Kier alpha value is -5.69. The van der Waals surface area contributed by atoms with Crippen LogP contribution in [0.15, 0.2) is 91.1 Å². The Morgan fingerprint density at radius 1 is 0.881 bits per heavy atom. The van der Waals surface area contributed by atoms with Crippen LogP contribution in [0.25, 0.3) is 10.9 Å². The molecule has 4 amide bonds. The van der Waals surface area contributed by atoms with Gasteiger partial charge in [0.15, 0.2) is 0 Å². The van der Waals surface area contributed by atoms with Gasteiger partial charge in [0.25, 0.3) is 5.91 Å². The van der Waals surface area contributed by atoms with E-state index in [0.717, 1.165) is 42.3 Å². The van der Waals surface area contributed by atoms with Gasteiger partial charge in [0.1, 0.15) is 17.8 Å². The third kappa shape index (κ3) is 12.4. The van der Waals surface area contributed by atoms with Gasteiger partial charge in [0.2, 0.25) is 17.7 Å². The first-order valence-electron chi connectivity index (χ1n) is 20.8. The highest BCUT2D eigenvalue weighted by atomic mass is 16.5. The van der Waals surface area contributed by atoms with E-state index < -0.39 is 59.9 Å². The Kier molecular flexibility index (Phi) is 14.4. The number of amides is 4. The molecule has 312 valence electrons. The monoisotopic (exact) mass is 803 g/mol. The van der Waals surface area contributed by atoms with Crippen molar-refractivity contribution in [1.29, 1.82) is 0 Å². The van der Waals surface area contributed by atoms with Gasteiger partial charge in [-0.2, -0.15) is 0 Å². The third-order valence-electron chi connectivity index (χ3n) is 11.2. The van der Waals surface area contributed by atoms with E-state index in [9.17, 15) is 24.0 Å². The molecule has 2 aliphatic rings. The van der Waals surface area contributed by atoms with Crippen LogP contribution in [0, 0.1) is 11.8 Å². The topological polar surface area (TPSA) is 186 Å². The van der Waals surface area contributed by atoms with Gasteiger partial charge in [-0.3, -0.25) is 33.9 Å². The van der Waals surface area contributed by atoms with Crippen LogP contribution in [0.1, 0.15) is 87.5 Å². The molecule has 59 heavy (non-hydrogen) atoms. The quantitative estimate of drug-likeness (QED) is 0.117. The second-order valence-corrected chi connectivity index (χ2v) is 17.0. The molecule has 1 saturated heterocycles. The molecule has 0 radical (unpaired) electrons. The fourth-order valence-corrected chi connectivity index (χ4v) is 8.37. The molecule has 0 bridgehead atoms. The van der Waals surface area contributed by atoms with E-state index in [4.69, 9.17) is 10.5 Å². The highest BCUT2D eigenvalue weighted by molar-refractivity contribution is 5.99. The lowest BCUT2D eigenvalue weighted by atomic mass is 9.72. The Bertz CT molecular complexity index is 2070. The largest absolute Gasteiger partial charge is 0.459 e. The van der Waals surface area contributed by atoms with Crippen LogP contribution in [0.3, 0.4) is 0 Å². The van der Waals surface area contributed by atoms with E-state index in [-0.39, 0.29) is 31.0 Å². The Morgan fingerprint density at radius 3 is 2.34 bits per heavy atom. The van der Waals surface area contributed by atoms with Crippen molar-refractivity contribution in [3.63, 3.8) is 0 Å². The minimum atomic E-state index is -1.37. The zero-order valence-corrected chi connectivity index (χ0v) is 34.3. The van der Waals surface area contributed by atoms with Crippen molar-refractivity contribution in [1.82, 2.24) is 30.8 Å². The maximum Gasteiger partial charge on any atom is 0.306 e. The molecule has 2 aromatic heterocycles. The third-order valence-corrected chi connectivity index (χ3v) is 11.2. The average Bonchev–Trinajstić information content (AvgIpc) is 3.21. The predicted octanol–water partition coefficient (Wildman–Crippen LogP) is 4.67. The molecule has 3 heterocycles. The van der Waals surface area contributed by atoms with Crippen LogP contribution < -0.4 is 21.7 Å². The maximum atomic E-state index is 14.4. The summed E-state index contributed by atoms with van der Waals surface area (Å²) in [4.78, 5) is 79.2. The van der Waals surface area contributed by atoms with E-state index in [0.29, 0.717) is 36.7 Å². The van der Waals surface area contributed by atoms with Crippen molar-refractivity contribution < 1.29 is 28.7 Å². The summed E-state index contributed by atoms with van der Waals surface area (Å²) in [6, 6.07) is 23.0. The number of ether oxygens (including phenoxy) is 1. The molecule has 1 saturated carbocycles. The molecule has 0 unspecified atom stereocenters. The summed E-state index contributed by atoms with van der Waals surface area (Å²) in [5, 5.41) is 9.77. The molecule has 13 heteroatoms. The second kappa shape index (κ2) is 19.8. The first kappa shape index (κ1) is 42.9. The number of nitrogens with two attached hydrogens (primary N) is 1.